The number of para-hydroxylation sites is 1. The van der Waals surface area contributed by atoms with Crippen LogP contribution in [0.3, 0.4) is 0 Å². The minimum atomic E-state index is -1.65. The number of fused-ring (bicyclic) bond motifs is 2. The van der Waals surface area contributed by atoms with Crippen LogP contribution in [-0.2, 0) is 24.7 Å². The highest BCUT2D eigenvalue weighted by atomic mass is 35.5. The molecule has 5 rings (SSSR count). The summed E-state index contributed by atoms with van der Waals surface area (Å²) in [5.41, 5.74) is 1.03. The first kappa shape index (κ1) is 25.3. The Morgan fingerprint density at radius 2 is 1.78 bits per heavy atom. The predicted molar refractivity (Wildman–Crippen MR) is 145 cm³/mol. The lowest BCUT2D eigenvalue weighted by molar-refractivity contribution is -0.130. The van der Waals surface area contributed by atoms with Gasteiger partial charge in [0.1, 0.15) is 4.75 Å². The van der Waals surface area contributed by atoms with Gasteiger partial charge in [0, 0.05) is 40.5 Å². The number of carbonyl (C=O) groups is 3. The van der Waals surface area contributed by atoms with Crippen LogP contribution in [0.25, 0.3) is 0 Å². The molecule has 0 aromatic heterocycles. The topological polar surface area (TPSA) is 87.7 Å². The Kier molecular flexibility index (Phi) is 6.74. The molecule has 0 radical (unpaired) electrons. The molecule has 3 amide bonds. The minimum Gasteiger partial charge on any atom is -0.383 e. The van der Waals surface area contributed by atoms with Crippen LogP contribution < -0.4 is 15.5 Å². The van der Waals surface area contributed by atoms with Gasteiger partial charge in [0.2, 0.25) is 11.8 Å². The number of thioether (sulfide) groups is 1. The quantitative estimate of drug-likeness (QED) is 0.434. The molecule has 190 valence electrons. The second-order valence-electron chi connectivity index (χ2n) is 9.08. The van der Waals surface area contributed by atoms with Gasteiger partial charge in [-0.1, -0.05) is 47.5 Å². The summed E-state index contributed by atoms with van der Waals surface area (Å²) >= 11 is 7.39. The molecule has 2 aliphatic rings. The van der Waals surface area contributed by atoms with Gasteiger partial charge in [0.15, 0.2) is 5.54 Å². The first-order valence-electron chi connectivity index (χ1n) is 11.9. The third-order valence-corrected chi connectivity index (χ3v) is 8.55. The van der Waals surface area contributed by atoms with Crippen molar-refractivity contribution in [2.24, 2.45) is 0 Å². The fraction of sp³-hybridized carbons (Fsp3) is 0.250. The van der Waals surface area contributed by atoms with Gasteiger partial charge < -0.3 is 15.4 Å². The first-order chi connectivity index (χ1) is 17.8. The molecule has 2 atom stereocenters. The average molecular weight is 536 g/mol. The number of rotatable bonds is 7. The largest absolute Gasteiger partial charge is 0.383 e. The van der Waals surface area contributed by atoms with E-state index < -0.39 is 22.1 Å². The van der Waals surface area contributed by atoms with Gasteiger partial charge in [0.05, 0.1) is 13.0 Å². The summed E-state index contributed by atoms with van der Waals surface area (Å²) in [6.45, 7) is 2.51. The molecule has 0 saturated carbocycles. The molecule has 2 heterocycles. The van der Waals surface area contributed by atoms with Crippen LogP contribution in [0.1, 0.15) is 17.5 Å². The highest BCUT2D eigenvalue weighted by Gasteiger charge is 2.74. The van der Waals surface area contributed by atoms with E-state index in [-0.39, 0.29) is 18.9 Å². The van der Waals surface area contributed by atoms with E-state index in [4.69, 9.17) is 16.3 Å². The number of benzene rings is 3. The maximum absolute atomic E-state index is 14.2. The maximum atomic E-state index is 14.2. The van der Waals surface area contributed by atoms with Gasteiger partial charge in [-0.05, 0) is 49.4 Å². The highest BCUT2D eigenvalue weighted by molar-refractivity contribution is 8.01. The SMILES string of the molecule is COCCNC(=O)C1(Sc2ccc(C)cc2)CC(=O)N(c2ccc(Cl)cc2)C12C(=O)Nc1ccccc12. The third-order valence-electron chi connectivity index (χ3n) is 6.82. The first-order valence-corrected chi connectivity index (χ1v) is 13.1. The average Bonchev–Trinajstić information content (AvgIpc) is 3.33. The van der Waals surface area contributed by atoms with Crippen LogP contribution in [0.15, 0.2) is 77.7 Å². The molecule has 0 aliphatic carbocycles. The van der Waals surface area contributed by atoms with Crippen LogP contribution >= 0.6 is 23.4 Å². The van der Waals surface area contributed by atoms with Crippen molar-refractivity contribution in [2.75, 3.05) is 30.5 Å². The minimum absolute atomic E-state index is 0.186. The van der Waals surface area contributed by atoms with Crippen LogP contribution in [0.5, 0.6) is 0 Å². The van der Waals surface area contributed by atoms with Crippen molar-refractivity contribution in [3.05, 3.63) is 88.9 Å². The number of halogens is 1. The van der Waals surface area contributed by atoms with Crippen LogP contribution in [-0.4, -0.2) is 42.7 Å². The van der Waals surface area contributed by atoms with Crippen molar-refractivity contribution < 1.29 is 19.1 Å². The maximum Gasteiger partial charge on any atom is 0.257 e. The summed E-state index contributed by atoms with van der Waals surface area (Å²) in [6.07, 6.45) is -0.186. The lowest BCUT2D eigenvalue weighted by Gasteiger charge is -2.43. The molecule has 1 fully saturated rings. The van der Waals surface area contributed by atoms with Crippen molar-refractivity contribution in [2.45, 2.75) is 28.5 Å². The number of aryl methyl sites for hydroxylation is 1. The number of ether oxygens (including phenoxy) is 1. The number of hydrogen-bond acceptors (Lipinski definition) is 5. The molecule has 9 heteroatoms. The van der Waals surface area contributed by atoms with Gasteiger partial charge in [-0.15, -0.1) is 11.8 Å². The van der Waals surface area contributed by atoms with E-state index in [1.165, 1.54) is 16.7 Å². The van der Waals surface area contributed by atoms with Gasteiger partial charge in [0.25, 0.3) is 5.91 Å². The van der Waals surface area contributed by atoms with Crippen LogP contribution in [0.2, 0.25) is 5.02 Å². The Bertz CT molecular complexity index is 1360. The second kappa shape index (κ2) is 9.85. The van der Waals surface area contributed by atoms with E-state index in [1.807, 2.05) is 49.4 Å². The summed E-state index contributed by atoms with van der Waals surface area (Å²) in [5, 5.41) is 6.39. The highest BCUT2D eigenvalue weighted by Crippen LogP contribution is 2.61. The van der Waals surface area contributed by atoms with Crippen molar-refractivity contribution in [1.29, 1.82) is 0 Å². The van der Waals surface area contributed by atoms with E-state index in [0.717, 1.165) is 10.5 Å². The molecule has 2 N–H and O–H groups in total. The lowest BCUT2D eigenvalue weighted by atomic mass is 9.77. The summed E-state index contributed by atoms with van der Waals surface area (Å²) < 4.78 is 3.62. The molecule has 1 spiro atoms. The molecule has 7 nitrogen and oxygen atoms in total. The Morgan fingerprint density at radius 3 is 2.49 bits per heavy atom. The fourth-order valence-electron chi connectivity index (χ4n) is 5.20. The van der Waals surface area contributed by atoms with Crippen molar-refractivity contribution in [3.63, 3.8) is 0 Å². The molecule has 0 bridgehead atoms. The Balaban J connectivity index is 1.78. The van der Waals surface area contributed by atoms with E-state index in [0.29, 0.717) is 28.6 Å². The molecule has 2 aliphatic heterocycles. The summed E-state index contributed by atoms with van der Waals surface area (Å²) in [6, 6.07) is 21.7. The molecule has 1 saturated heterocycles. The number of amides is 3. The van der Waals surface area contributed by atoms with E-state index in [1.54, 1.807) is 37.4 Å². The number of nitrogens with one attached hydrogen (secondary N) is 2. The van der Waals surface area contributed by atoms with E-state index >= 15 is 0 Å². The smallest absolute Gasteiger partial charge is 0.257 e. The molecule has 3 aromatic carbocycles. The Morgan fingerprint density at radius 1 is 1.08 bits per heavy atom. The number of carbonyl (C=O) groups excluding carboxylic acids is 3. The predicted octanol–water partition coefficient (Wildman–Crippen LogP) is 4.53. The number of hydrogen-bond donors (Lipinski definition) is 2. The zero-order valence-corrected chi connectivity index (χ0v) is 22.0. The fourth-order valence-corrected chi connectivity index (χ4v) is 6.80. The summed E-state index contributed by atoms with van der Waals surface area (Å²) in [5.74, 6) is -1.18. The number of anilines is 2. The van der Waals surface area contributed by atoms with Gasteiger partial charge in [-0.25, -0.2) is 0 Å². The normalized spacial score (nSPS) is 22.3. The van der Waals surface area contributed by atoms with Crippen LogP contribution in [0.4, 0.5) is 11.4 Å². The number of nitrogens with zero attached hydrogens (tertiary/aromatic N) is 1. The van der Waals surface area contributed by atoms with Crippen molar-refractivity contribution >= 4 is 52.5 Å². The Hall–Kier alpha value is -3.33. The molecule has 2 unspecified atom stereocenters. The monoisotopic (exact) mass is 535 g/mol. The van der Waals surface area contributed by atoms with Crippen molar-refractivity contribution in [1.82, 2.24) is 5.32 Å². The summed E-state index contributed by atoms with van der Waals surface area (Å²) in [7, 11) is 1.55. The third kappa shape index (κ3) is 4.00. The van der Waals surface area contributed by atoms with Gasteiger partial charge in [-0.3, -0.25) is 19.3 Å². The number of methoxy groups -OCH3 is 1. The molecular formula is C28H26ClN3O4S. The van der Waals surface area contributed by atoms with Gasteiger partial charge >= 0.3 is 0 Å². The lowest BCUT2D eigenvalue weighted by Crippen LogP contribution is -2.64. The van der Waals surface area contributed by atoms with E-state index in [9.17, 15) is 14.4 Å². The molecule has 37 heavy (non-hydrogen) atoms. The van der Waals surface area contributed by atoms with Gasteiger partial charge in [-0.2, -0.15) is 0 Å². The zero-order chi connectivity index (χ0) is 26.2. The Labute approximate surface area is 224 Å². The molecular weight excluding hydrogens is 510 g/mol. The van der Waals surface area contributed by atoms with Crippen LogP contribution in [0, 0.1) is 6.92 Å². The summed E-state index contributed by atoms with van der Waals surface area (Å²) in [4.78, 5) is 44.6. The van der Waals surface area contributed by atoms with Crippen molar-refractivity contribution in [3.8, 4) is 0 Å². The standard InChI is InChI=1S/C28H26ClN3O4S/c1-18-7-13-21(14-8-18)37-27(25(34)30-15-16-36-2)17-24(33)32(20-11-9-19(29)10-12-20)28(27)22-5-3-4-6-23(22)31-26(28)35/h3-14H,15-17H2,1-2H3,(H,30,34)(H,31,35). The zero-order valence-electron chi connectivity index (χ0n) is 20.4. The second-order valence-corrected chi connectivity index (χ2v) is 10.9. The molecule has 3 aromatic rings. The van der Waals surface area contributed by atoms with E-state index in [2.05, 4.69) is 10.6 Å².